The van der Waals surface area contributed by atoms with E-state index in [0.29, 0.717) is 0 Å². The highest BCUT2D eigenvalue weighted by atomic mass is 32.2. The molecule has 0 heterocycles. The normalized spacial score (nSPS) is 11.6. The molecule has 1 rings (SSSR count). The fraction of sp³-hybridized carbons (Fsp3) is 0.429. The molecule has 0 aromatic heterocycles. The van der Waals surface area contributed by atoms with Crippen molar-refractivity contribution >= 4 is 11.8 Å². The third-order valence-electron chi connectivity index (χ3n) is 2.08. The van der Waals surface area contributed by atoms with Crippen LogP contribution in [0.3, 0.4) is 0 Å². The monoisotopic (exact) mass is 234 g/mol. The van der Waals surface area contributed by atoms with Crippen LogP contribution in [0.25, 0.3) is 0 Å². The van der Waals surface area contributed by atoms with Gasteiger partial charge in [-0.15, -0.1) is 0 Å². The molecule has 86 valence electrons. The molecule has 1 nitrogen and oxygen atoms in total. The van der Waals surface area contributed by atoms with Gasteiger partial charge in [-0.2, -0.15) is 0 Å². The van der Waals surface area contributed by atoms with Crippen LogP contribution in [0.4, 0.5) is 0 Å². The Bertz CT molecular complexity index is 337. The van der Waals surface area contributed by atoms with Crippen molar-refractivity contribution in [3.63, 3.8) is 0 Å². The largest absolute Gasteiger partial charge is 0.359 e. The van der Waals surface area contributed by atoms with Crippen LogP contribution < -0.4 is 0 Å². The molecule has 0 saturated heterocycles. The summed E-state index contributed by atoms with van der Waals surface area (Å²) < 4.78 is 5.32. The molecule has 2 heteroatoms. The van der Waals surface area contributed by atoms with Gasteiger partial charge in [0.05, 0.1) is 0 Å². The fourth-order valence-electron chi connectivity index (χ4n) is 1.18. The average molecular weight is 234 g/mol. The van der Waals surface area contributed by atoms with Crippen molar-refractivity contribution < 1.29 is 4.74 Å². The summed E-state index contributed by atoms with van der Waals surface area (Å²) in [7, 11) is 1.70. The Balaban J connectivity index is 2.45. The summed E-state index contributed by atoms with van der Waals surface area (Å²) in [5, 5.41) is 0. The Morgan fingerprint density at radius 2 is 2.06 bits per heavy atom. The lowest BCUT2D eigenvalue weighted by Crippen LogP contribution is -2.01. The number of unbranched alkanes of at least 4 members (excludes halogenated alkanes) is 2. The molecule has 16 heavy (non-hydrogen) atoms. The number of rotatable bonds is 5. The number of ether oxygens (including phenoxy) is 1. The minimum atomic E-state index is -0.0562. The number of methoxy groups -OCH3 is 1. The van der Waals surface area contributed by atoms with Crippen molar-refractivity contribution in [1.29, 1.82) is 0 Å². The first-order chi connectivity index (χ1) is 7.86. The van der Waals surface area contributed by atoms with Gasteiger partial charge < -0.3 is 4.74 Å². The van der Waals surface area contributed by atoms with Crippen LogP contribution in [0.1, 0.15) is 26.2 Å². The van der Waals surface area contributed by atoms with Gasteiger partial charge in [-0.25, -0.2) is 0 Å². The second-order valence-corrected chi connectivity index (χ2v) is 4.56. The van der Waals surface area contributed by atoms with Crippen molar-refractivity contribution in [2.75, 3.05) is 7.11 Å². The molecule has 0 aliphatic rings. The summed E-state index contributed by atoms with van der Waals surface area (Å²) in [6.07, 6.45) is 3.32. The van der Waals surface area contributed by atoms with E-state index >= 15 is 0 Å². The van der Waals surface area contributed by atoms with Crippen molar-refractivity contribution in [3.8, 4) is 11.8 Å². The molecule has 0 spiro atoms. The van der Waals surface area contributed by atoms with Gasteiger partial charge in [-0.05, 0) is 18.6 Å². The molecular formula is C14H18OS. The summed E-state index contributed by atoms with van der Waals surface area (Å²) in [5.41, 5.74) is -0.0562. The second kappa shape index (κ2) is 8.27. The van der Waals surface area contributed by atoms with Gasteiger partial charge in [0.15, 0.2) is 5.44 Å². The third kappa shape index (κ3) is 5.25. The minimum absolute atomic E-state index is 0.0562. The van der Waals surface area contributed by atoms with Crippen molar-refractivity contribution in [2.45, 2.75) is 36.5 Å². The van der Waals surface area contributed by atoms with E-state index in [1.165, 1.54) is 17.7 Å². The summed E-state index contributed by atoms with van der Waals surface area (Å²) >= 11 is 1.65. The zero-order valence-electron chi connectivity index (χ0n) is 9.90. The third-order valence-corrected chi connectivity index (χ3v) is 3.14. The Labute approximate surface area is 103 Å². The van der Waals surface area contributed by atoms with Gasteiger partial charge in [0.2, 0.25) is 0 Å². The molecular weight excluding hydrogens is 216 g/mol. The maximum Gasteiger partial charge on any atom is 0.168 e. The minimum Gasteiger partial charge on any atom is -0.359 e. The summed E-state index contributed by atoms with van der Waals surface area (Å²) in [5.74, 6) is 6.31. The molecule has 0 N–H and O–H groups in total. The van der Waals surface area contributed by atoms with Gasteiger partial charge in [-0.3, -0.25) is 0 Å². The topological polar surface area (TPSA) is 9.23 Å². The standard InChI is InChI=1S/C14H18OS/c1-3-4-5-9-12-14(15-2)16-13-10-7-6-8-11-13/h6-8,10-11,14H,3-5H2,1-2H3. The molecule has 0 radical (unpaired) electrons. The first kappa shape index (κ1) is 13.2. The van der Waals surface area contributed by atoms with Crippen LogP contribution in [0.5, 0.6) is 0 Å². The lowest BCUT2D eigenvalue weighted by atomic mass is 10.2. The Kier molecular flexibility index (Phi) is 6.80. The summed E-state index contributed by atoms with van der Waals surface area (Å²) in [6, 6.07) is 10.2. The van der Waals surface area contributed by atoms with Gasteiger partial charge in [0, 0.05) is 18.4 Å². The zero-order chi connectivity index (χ0) is 11.6. The maximum atomic E-state index is 5.32. The number of hydrogen-bond acceptors (Lipinski definition) is 2. The van der Waals surface area contributed by atoms with Gasteiger partial charge >= 0.3 is 0 Å². The summed E-state index contributed by atoms with van der Waals surface area (Å²) in [4.78, 5) is 1.19. The highest BCUT2D eigenvalue weighted by Gasteiger charge is 2.03. The van der Waals surface area contributed by atoms with Gasteiger partial charge in [-0.1, -0.05) is 55.1 Å². The molecule has 0 aliphatic carbocycles. The lowest BCUT2D eigenvalue weighted by molar-refractivity contribution is 0.214. The van der Waals surface area contributed by atoms with Crippen molar-refractivity contribution in [2.24, 2.45) is 0 Å². The Morgan fingerprint density at radius 3 is 2.69 bits per heavy atom. The van der Waals surface area contributed by atoms with E-state index in [9.17, 15) is 0 Å². The van der Waals surface area contributed by atoms with E-state index in [4.69, 9.17) is 4.74 Å². The number of thioether (sulfide) groups is 1. The van der Waals surface area contributed by atoms with Crippen LogP contribution in [0.2, 0.25) is 0 Å². The predicted molar refractivity (Wildman–Crippen MR) is 70.4 cm³/mol. The van der Waals surface area contributed by atoms with Crippen molar-refractivity contribution in [1.82, 2.24) is 0 Å². The molecule has 1 atom stereocenters. The molecule has 0 bridgehead atoms. The molecule has 1 aromatic rings. The SMILES string of the molecule is CCCCC#CC(OC)Sc1ccccc1. The molecule has 1 aromatic carbocycles. The van der Waals surface area contributed by atoms with Crippen LogP contribution in [0.15, 0.2) is 35.2 Å². The lowest BCUT2D eigenvalue weighted by Gasteiger charge is -2.07. The summed E-state index contributed by atoms with van der Waals surface area (Å²) in [6.45, 7) is 2.17. The highest BCUT2D eigenvalue weighted by molar-refractivity contribution is 8.00. The van der Waals surface area contributed by atoms with E-state index in [-0.39, 0.29) is 5.44 Å². The van der Waals surface area contributed by atoms with Gasteiger partial charge in [0.25, 0.3) is 0 Å². The first-order valence-corrected chi connectivity index (χ1v) is 6.47. The predicted octanol–water partition coefficient (Wildman–Crippen LogP) is 3.94. The Hall–Kier alpha value is -0.910. The van der Waals surface area contributed by atoms with E-state index in [2.05, 4.69) is 30.9 Å². The van der Waals surface area contributed by atoms with E-state index in [1.807, 2.05) is 18.2 Å². The van der Waals surface area contributed by atoms with E-state index in [0.717, 1.165) is 6.42 Å². The quantitative estimate of drug-likeness (QED) is 0.330. The molecule has 1 unspecified atom stereocenters. The molecule has 0 aliphatic heterocycles. The van der Waals surface area contributed by atoms with Gasteiger partial charge in [0.1, 0.15) is 0 Å². The molecule has 0 fully saturated rings. The van der Waals surface area contributed by atoms with E-state index < -0.39 is 0 Å². The van der Waals surface area contributed by atoms with E-state index in [1.54, 1.807) is 18.9 Å². The zero-order valence-corrected chi connectivity index (χ0v) is 10.7. The molecule has 0 saturated carbocycles. The van der Waals surface area contributed by atoms with Crippen LogP contribution >= 0.6 is 11.8 Å². The maximum absolute atomic E-state index is 5.32. The first-order valence-electron chi connectivity index (χ1n) is 5.59. The number of hydrogen-bond donors (Lipinski definition) is 0. The second-order valence-electron chi connectivity index (χ2n) is 3.42. The van der Waals surface area contributed by atoms with Crippen molar-refractivity contribution in [3.05, 3.63) is 30.3 Å². The fourth-order valence-corrected chi connectivity index (χ4v) is 1.98. The van der Waals surface area contributed by atoms with Crippen LogP contribution in [-0.2, 0) is 4.74 Å². The van der Waals surface area contributed by atoms with Crippen LogP contribution in [-0.4, -0.2) is 12.5 Å². The Morgan fingerprint density at radius 1 is 1.31 bits per heavy atom. The highest BCUT2D eigenvalue weighted by Crippen LogP contribution is 2.22. The number of benzene rings is 1. The average Bonchev–Trinajstić information content (AvgIpc) is 2.34. The smallest absolute Gasteiger partial charge is 0.168 e. The van der Waals surface area contributed by atoms with Crippen LogP contribution in [0, 0.1) is 11.8 Å². The molecule has 0 amide bonds.